The van der Waals surface area contributed by atoms with Crippen molar-refractivity contribution in [1.29, 1.82) is 0 Å². The van der Waals surface area contributed by atoms with Crippen molar-refractivity contribution in [3.8, 4) is 0 Å². The van der Waals surface area contributed by atoms with Crippen molar-refractivity contribution in [2.45, 2.75) is 39.2 Å². The number of rotatable bonds is 2. The van der Waals surface area contributed by atoms with Gasteiger partial charge in [0, 0.05) is 12.6 Å². The van der Waals surface area contributed by atoms with Gasteiger partial charge in [-0.2, -0.15) is 0 Å². The minimum absolute atomic E-state index is 0.667. The Morgan fingerprint density at radius 1 is 1.60 bits per heavy atom. The van der Waals surface area contributed by atoms with Crippen LogP contribution in [0.15, 0.2) is 0 Å². The molecule has 10 heavy (non-hydrogen) atoms. The van der Waals surface area contributed by atoms with E-state index in [1.807, 2.05) is 5.01 Å². The van der Waals surface area contributed by atoms with Crippen LogP contribution in [0.1, 0.15) is 33.1 Å². The van der Waals surface area contributed by atoms with Gasteiger partial charge < -0.3 is 0 Å². The van der Waals surface area contributed by atoms with Crippen LogP contribution < -0.4 is 5.84 Å². The summed E-state index contributed by atoms with van der Waals surface area (Å²) in [5, 5.41) is 2.00. The molecule has 2 N–H and O–H groups in total. The number of hydrogen-bond donors (Lipinski definition) is 1. The van der Waals surface area contributed by atoms with Crippen LogP contribution in [0.2, 0.25) is 0 Å². The van der Waals surface area contributed by atoms with Gasteiger partial charge in [0.15, 0.2) is 0 Å². The molecule has 0 aromatic rings. The van der Waals surface area contributed by atoms with E-state index in [0.29, 0.717) is 6.04 Å². The van der Waals surface area contributed by atoms with Crippen LogP contribution in [0, 0.1) is 5.92 Å². The molecule has 2 heteroatoms. The van der Waals surface area contributed by atoms with Gasteiger partial charge >= 0.3 is 0 Å². The lowest BCUT2D eigenvalue weighted by Crippen LogP contribution is -2.36. The molecule has 0 aromatic heterocycles. The first-order valence-corrected chi connectivity index (χ1v) is 4.21. The average Bonchev–Trinajstić information content (AvgIpc) is 2.15. The summed E-state index contributed by atoms with van der Waals surface area (Å²) in [4.78, 5) is 0. The van der Waals surface area contributed by atoms with E-state index in [-0.39, 0.29) is 0 Å². The highest BCUT2D eigenvalue weighted by Crippen LogP contribution is 2.19. The van der Waals surface area contributed by atoms with Crippen LogP contribution in [-0.2, 0) is 0 Å². The Labute approximate surface area is 63.4 Å². The minimum Gasteiger partial charge on any atom is -0.269 e. The summed E-state index contributed by atoms with van der Waals surface area (Å²) in [6.45, 7) is 5.61. The van der Waals surface area contributed by atoms with Crippen LogP contribution >= 0.6 is 0 Å². The first-order valence-electron chi connectivity index (χ1n) is 4.21. The lowest BCUT2D eigenvalue weighted by Gasteiger charge is -2.20. The van der Waals surface area contributed by atoms with Crippen LogP contribution in [0.5, 0.6) is 0 Å². The van der Waals surface area contributed by atoms with Crippen LogP contribution in [0.3, 0.4) is 0 Å². The van der Waals surface area contributed by atoms with Crippen LogP contribution in [0.4, 0.5) is 0 Å². The third-order valence-electron chi connectivity index (χ3n) is 2.17. The van der Waals surface area contributed by atoms with Crippen molar-refractivity contribution in [2.75, 3.05) is 6.54 Å². The van der Waals surface area contributed by atoms with E-state index in [4.69, 9.17) is 5.84 Å². The minimum atomic E-state index is 0.667. The molecule has 1 heterocycles. The zero-order valence-electron chi connectivity index (χ0n) is 7.01. The predicted molar refractivity (Wildman–Crippen MR) is 43.4 cm³/mol. The molecule has 0 radical (unpaired) electrons. The van der Waals surface area contributed by atoms with Gasteiger partial charge in [0.05, 0.1) is 0 Å². The smallest absolute Gasteiger partial charge is 0.0244 e. The maximum Gasteiger partial charge on any atom is 0.0244 e. The van der Waals surface area contributed by atoms with E-state index in [2.05, 4.69) is 13.8 Å². The normalized spacial score (nSPS) is 28.2. The van der Waals surface area contributed by atoms with Gasteiger partial charge in [-0.3, -0.25) is 5.84 Å². The lowest BCUT2D eigenvalue weighted by molar-refractivity contribution is 0.232. The summed E-state index contributed by atoms with van der Waals surface area (Å²) in [6.07, 6.45) is 3.85. The molecule has 0 aromatic carbocycles. The number of hydrazine groups is 1. The van der Waals surface area contributed by atoms with Gasteiger partial charge in [-0.05, 0) is 25.2 Å². The Kier molecular flexibility index (Phi) is 2.69. The van der Waals surface area contributed by atoms with Gasteiger partial charge in [0.1, 0.15) is 0 Å². The molecule has 1 atom stereocenters. The molecule has 2 nitrogen and oxygen atoms in total. The Morgan fingerprint density at radius 3 is 2.70 bits per heavy atom. The third-order valence-corrected chi connectivity index (χ3v) is 2.17. The van der Waals surface area contributed by atoms with Crippen LogP contribution in [0.25, 0.3) is 0 Å². The fraction of sp³-hybridized carbons (Fsp3) is 1.00. The number of nitrogens with two attached hydrogens (primary N) is 1. The molecular formula is C8H18N2. The highest BCUT2D eigenvalue weighted by Gasteiger charge is 2.21. The second kappa shape index (κ2) is 3.35. The van der Waals surface area contributed by atoms with Crippen molar-refractivity contribution in [1.82, 2.24) is 5.01 Å². The molecule has 1 rings (SSSR count). The molecular weight excluding hydrogens is 124 g/mol. The van der Waals surface area contributed by atoms with E-state index in [1.54, 1.807) is 0 Å². The average molecular weight is 142 g/mol. The Morgan fingerprint density at radius 2 is 2.30 bits per heavy atom. The molecule has 0 aliphatic carbocycles. The molecule has 60 valence electrons. The number of nitrogens with zero attached hydrogens (tertiary/aromatic N) is 1. The summed E-state index contributed by atoms with van der Waals surface area (Å²) in [5.74, 6) is 6.55. The monoisotopic (exact) mass is 142 g/mol. The molecule has 1 aliphatic heterocycles. The highest BCUT2D eigenvalue weighted by atomic mass is 15.4. The van der Waals surface area contributed by atoms with Crippen LogP contribution in [-0.4, -0.2) is 17.6 Å². The Hall–Kier alpha value is -0.0800. The zero-order valence-corrected chi connectivity index (χ0v) is 7.01. The summed E-state index contributed by atoms with van der Waals surface area (Å²) in [7, 11) is 0. The molecule has 0 saturated carbocycles. The van der Waals surface area contributed by atoms with Crippen molar-refractivity contribution in [2.24, 2.45) is 11.8 Å². The van der Waals surface area contributed by atoms with E-state index in [1.165, 1.54) is 19.3 Å². The van der Waals surface area contributed by atoms with Crippen molar-refractivity contribution < 1.29 is 0 Å². The molecule has 0 unspecified atom stereocenters. The van der Waals surface area contributed by atoms with Gasteiger partial charge in [-0.25, -0.2) is 5.01 Å². The van der Waals surface area contributed by atoms with Crippen molar-refractivity contribution >= 4 is 0 Å². The Bertz CT molecular complexity index is 101. The summed E-state index contributed by atoms with van der Waals surface area (Å²) in [6, 6.07) is 0.667. The largest absolute Gasteiger partial charge is 0.269 e. The maximum atomic E-state index is 5.76. The predicted octanol–water partition coefficient (Wildman–Crippen LogP) is 1.37. The molecule has 0 bridgehead atoms. The first-order chi connectivity index (χ1) is 4.70. The van der Waals surface area contributed by atoms with Gasteiger partial charge in [-0.1, -0.05) is 13.8 Å². The molecule has 1 aliphatic rings. The van der Waals surface area contributed by atoms with E-state index >= 15 is 0 Å². The zero-order chi connectivity index (χ0) is 7.56. The standard InChI is InChI=1S/C8H18N2/c1-7(2)6-8-4-3-5-10(8)9/h7-8H,3-6,9H2,1-2H3/t8-/m0/s1. The maximum absolute atomic E-state index is 5.76. The molecule has 1 fully saturated rings. The van der Waals surface area contributed by atoms with E-state index in [9.17, 15) is 0 Å². The molecule has 0 spiro atoms. The third kappa shape index (κ3) is 1.96. The second-order valence-electron chi connectivity index (χ2n) is 3.66. The number of hydrogen-bond acceptors (Lipinski definition) is 2. The van der Waals surface area contributed by atoms with Gasteiger partial charge in [0.25, 0.3) is 0 Å². The summed E-state index contributed by atoms with van der Waals surface area (Å²) < 4.78 is 0. The van der Waals surface area contributed by atoms with Gasteiger partial charge in [0.2, 0.25) is 0 Å². The second-order valence-corrected chi connectivity index (χ2v) is 3.66. The summed E-state index contributed by atoms with van der Waals surface area (Å²) in [5.41, 5.74) is 0. The fourth-order valence-corrected chi connectivity index (χ4v) is 1.66. The van der Waals surface area contributed by atoms with E-state index in [0.717, 1.165) is 12.5 Å². The lowest BCUT2D eigenvalue weighted by atomic mass is 10.0. The summed E-state index contributed by atoms with van der Waals surface area (Å²) >= 11 is 0. The quantitative estimate of drug-likeness (QED) is 0.590. The van der Waals surface area contributed by atoms with Gasteiger partial charge in [-0.15, -0.1) is 0 Å². The fourth-order valence-electron chi connectivity index (χ4n) is 1.66. The highest BCUT2D eigenvalue weighted by molar-refractivity contribution is 4.75. The van der Waals surface area contributed by atoms with Crippen molar-refractivity contribution in [3.63, 3.8) is 0 Å². The van der Waals surface area contributed by atoms with E-state index < -0.39 is 0 Å². The SMILES string of the molecule is CC(C)C[C@@H]1CCCN1N. The Balaban J connectivity index is 2.26. The molecule has 0 amide bonds. The van der Waals surface area contributed by atoms with Crippen molar-refractivity contribution in [3.05, 3.63) is 0 Å². The molecule has 1 saturated heterocycles. The topological polar surface area (TPSA) is 29.3 Å². The first kappa shape index (κ1) is 8.02.